The first-order chi connectivity index (χ1) is 10.9. The molecule has 1 aromatic rings. The van der Waals surface area contributed by atoms with Crippen LogP contribution in [-0.4, -0.2) is 41.0 Å². The Labute approximate surface area is 137 Å². The first-order valence-electron chi connectivity index (χ1n) is 8.26. The summed E-state index contributed by atoms with van der Waals surface area (Å²) in [6.07, 6.45) is 1.21. The van der Waals surface area contributed by atoms with Crippen LogP contribution in [0.3, 0.4) is 0 Å². The third kappa shape index (κ3) is 4.32. The Kier molecular flexibility index (Phi) is 5.77. The van der Waals surface area contributed by atoms with Crippen molar-refractivity contribution in [3.63, 3.8) is 0 Å². The summed E-state index contributed by atoms with van der Waals surface area (Å²) in [6, 6.07) is 7.60. The van der Waals surface area contributed by atoms with E-state index in [-0.39, 0.29) is 17.9 Å². The van der Waals surface area contributed by atoms with Gasteiger partial charge in [-0.1, -0.05) is 32.0 Å². The second kappa shape index (κ2) is 7.59. The van der Waals surface area contributed by atoms with Gasteiger partial charge in [0.25, 0.3) is 0 Å². The Morgan fingerprint density at radius 1 is 1.17 bits per heavy atom. The number of carboxylic acid groups (broad SMARTS) is 1. The zero-order valence-corrected chi connectivity index (χ0v) is 14.1. The quantitative estimate of drug-likeness (QED) is 0.876. The number of likely N-dealkylation sites (tertiary alicyclic amines) is 1. The molecule has 5 heteroatoms. The van der Waals surface area contributed by atoms with Gasteiger partial charge in [0.2, 0.25) is 5.91 Å². The number of nitrogens with one attached hydrogen (secondary N) is 1. The molecule has 1 aliphatic heterocycles. The number of aliphatic carboxylic acids is 1. The number of carboxylic acids is 1. The molecule has 1 unspecified atom stereocenters. The minimum Gasteiger partial charge on any atom is -0.481 e. The molecule has 1 amide bonds. The van der Waals surface area contributed by atoms with Crippen molar-refractivity contribution in [1.82, 2.24) is 4.90 Å². The van der Waals surface area contributed by atoms with Gasteiger partial charge in [0.1, 0.15) is 0 Å². The first-order valence-corrected chi connectivity index (χ1v) is 8.26. The van der Waals surface area contributed by atoms with Crippen LogP contribution in [0.25, 0.3) is 0 Å². The van der Waals surface area contributed by atoms with Gasteiger partial charge in [0, 0.05) is 5.69 Å². The van der Waals surface area contributed by atoms with E-state index in [9.17, 15) is 9.59 Å². The molecule has 1 aromatic carbocycles. The van der Waals surface area contributed by atoms with Crippen molar-refractivity contribution in [2.45, 2.75) is 45.6 Å². The maximum atomic E-state index is 12.5. The lowest BCUT2D eigenvalue weighted by Crippen LogP contribution is -2.47. The minimum absolute atomic E-state index is 0.0353. The number of hydrogen-bond acceptors (Lipinski definition) is 3. The van der Waals surface area contributed by atoms with Crippen molar-refractivity contribution in [3.8, 4) is 0 Å². The van der Waals surface area contributed by atoms with E-state index in [4.69, 9.17) is 5.11 Å². The molecule has 1 heterocycles. The summed E-state index contributed by atoms with van der Waals surface area (Å²) >= 11 is 0. The molecule has 0 spiro atoms. The lowest BCUT2D eigenvalue weighted by Gasteiger charge is -2.34. The predicted octanol–water partition coefficient (Wildman–Crippen LogP) is 2.93. The molecular weight excluding hydrogens is 292 g/mol. The zero-order chi connectivity index (χ0) is 17.0. The second-order valence-corrected chi connectivity index (χ2v) is 6.56. The highest BCUT2D eigenvalue weighted by molar-refractivity contribution is 5.95. The number of hydrogen-bond donors (Lipinski definition) is 2. The molecule has 0 radical (unpaired) electrons. The van der Waals surface area contributed by atoms with Gasteiger partial charge in [-0.05, 0) is 50.4 Å². The molecule has 5 nitrogen and oxygen atoms in total. The average molecular weight is 318 g/mol. The number of nitrogens with zero attached hydrogens (tertiary/aromatic N) is 1. The second-order valence-electron chi connectivity index (χ2n) is 6.56. The third-order valence-electron chi connectivity index (χ3n) is 4.65. The van der Waals surface area contributed by atoms with Crippen LogP contribution in [0.1, 0.15) is 45.1 Å². The van der Waals surface area contributed by atoms with E-state index in [0.29, 0.717) is 31.8 Å². The molecule has 0 aromatic heterocycles. The van der Waals surface area contributed by atoms with Gasteiger partial charge in [-0.2, -0.15) is 0 Å². The van der Waals surface area contributed by atoms with Gasteiger partial charge >= 0.3 is 5.97 Å². The molecule has 2 rings (SSSR count). The van der Waals surface area contributed by atoms with Gasteiger partial charge < -0.3 is 10.4 Å². The number of piperidine rings is 1. The minimum atomic E-state index is -0.729. The van der Waals surface area contributed by atoms with E-state index >= 15 is 0 Å². The standard InChI is InChI=1S/C18H26N2O3/c1-12(2)15-6-4-5-7-16(15)19-17(21)13(3)20-10-8-14(9-11-20)18(22)23/h4-7,12-14H,8-11H2,1-3H3,(H,19,21)(H,22,23). The summed E-state index contributed by atoms with van der Waals surface area (Å²) in [7, 11) is 0. The fraction of sp³-hybridized carbons (Fsp3) is 0.556. The molecular formula is C18H26N2O3. The molecule has 2 N–H and O–H groups in total. The summed E-state index contributed by atoms with van der Waals surface area (Å²) < 4.78 is 0. The van der Waals surface area contributed by atoms with Gasteiger partial charge in [-0.15, -0.1) is 0 Å². The number of amides is 1. The smallest absolute Gasteiger partial charge is 0.306 e. The van der Waals surface area contributed by atoms with Crippen LogP contribution in [0.4, 0.5) is 5.69 Å². The van der Waals surface area contributed by atoms with Crippen LogP contribution >= 0.6 is 0 Å². The Morgan fingerprint density at radius 2 is 1.78 bits per heavy atom. The van der Waals surface area contributed by atoms with Crippen molar-refractivity contribution >= 4 is 17.6 Å². The van der Waals surface area contributed by atoms with Crippen LogP contribution in [0, 0.1) is 5.92 Å². The highest BCUT2D eigenvalue weighted by Crippen LogP contribution is 2.25. The fourth-order valence-electron chi connectivity index (χ4n) is 3.05. The first kappa shape index (κ1) is 17.5. The van der Waals surface area contributed by atoms with E-state index in [1.54, 1.807) is 0 Å². The molecule has 1 aliphatic rings. The van der Waals surface area contributed by atoms with Crippen molar-refractivity contribution in [1.29, 1.82) is 0 Å². The summed E-state index contributed by atoms with van der Waals surface area (Å²) in [5, 5.41) is 12.1. The van der Waals surface area contributed by atoms with Crippen LogP contribution < -0.4 is 5.32 Å². The molecule has 1 atom stereocenters. The molecule has 23 heavy (non-hydrogen) atoms. The van der Waals surface area contributed by atoms with Crippen molar-refractivity contribution in [3.05, 3.63) is 29.8 Å². The van der Waals surface area contributed by atoms with E-state index in [2.05, 4.69) is 24.1 Å². The van der Waals surface area contributed by atoms with Gasteiger partial charge in [0.15, 0.2) is 0 Å². The lowest BCUT2D eigenvalue weighted by atomic mass is 9.96. The van der Waals surface area contributed by atoms with Crippen LogP contribution in [0.2, 0.25) is 0 Å². The maximum Gasteiger partial charge on any atom is 0.306 e. The lowest BCUT2D eigenvalue weighted by molar-refractivity contribution is -0.143. The topological polar surface area (TPSA) is 69.6 Å². The number of anilines is 1. The van der Waals surface area contributed by atoms with Gasteiger partial charge in [-0.3, -0.25) is 14.5 Å². The molecule has 1 saturated heterocycles. The van der Waals surface area contributed by atoms with Crippen LogP contribution in [-0.2, 0) is 9.59 Å². The van der Waals surface area contributed by atoms with E-state index < -0.39 is 5.97 Å². The van der Waals surface area contributed by atoms with Gasteiger partial charge in [-0.25, -0.2) is 0 Å². The van der Waals surface area contributed by atoms with Gasteiger partial charge in [0.05, 0.1) is 12.0 Å². The number of para-hydroxylation sites is 1. The third-order valence-corrected chi connectivity index (χ3v) is 4.65. The molecule has 0 aliphatic carbocycles. The molecule has 0 saturated carbocycles. The molecule has 126 valence electrons. The summed E-state index contributed by atoms with van der Waals surface area (Å²) in [6.45, 7) is 7.39. The largest absolute Gasteiger partial charge is 0.481 e. The van der Waals surface area contributed by atoms with E-state index in [1.165, 1.54) is 0 Å². The Balaban J connectivity index is 1.97. The normalized spacial score (nSPS) is 17.9. The van der Waals surface area contributed by atoms with Crippen LogP contribution in [0.15, 0.2) is 24.3 Å². The monoisotopic (exact) mass is 318 g/mol. The SMILES string of the molecule is CC(C)c1ccccc1NC(=O)C(C)N1CCC(C(=O)O)CC1. The Morgan fingerprint density at radius 3 is 2.35 bits per heavy atom. The van der Waals surface area contributed by atoms with Crippen molar-refractivity contribution < 1.29 is 14.7 Å². The molecule has 1 fully saturated rings. The highest BCUT2D eigenvalue weighted by Gasteiger charge is 2.29. The molecule has 0 bridgehead atoms. The van der Waals surface area contributed by atoms with Crippen LogP contribution in [0.5, 0.6) is 0 Å². The van der Waals surface area contributed by atoms with E-state index in [1.807, 2.05) is 31.2 Å². The fourth-order valence-corrected chi connectivity index (χ4v) is 3.05. The zero-order valence-electron chi connectivity index (χ0n) is 14.1. The van der Waals surface area contributed by atoms with Crippen molar-refractivity contribution in [2.24, 2.45) is 5.92 Å². The number of carbonyl (C=O) groups excluding carboxylic acids is 1. The average Bonchev–Trinajstić information content (AvgIpc) is 2.54. The predicted molar refractivity (Wildman–Crippen MR) is 90.6 cm³/mol. The summed E-state index contributed by atoms with van der Waals surface area (Å²) in [4.78, 5) is 25.6. The Bertz CT molecular complexity index is 563. The van der Waals surface area contributed by atoms with Crippen molar-refractivity contribution in [2.75, 3.05) is 18.4 Å². The Hall–Kier alpha value is -1.88. The van der Waals surface area contributed by atoms with E-state index in [0.717, 1.165) is 11.3 Å². The number of benzene rings is 1. The highest BCUT2D eigenvalue weighted by atomic mass is 16.4. The number of carbonyl (C=O) groups is 2. The number of rotatable bonds is 5. The summed E-state index contributed by atoms with van der Waals surface area (Å²) in [5.41, 5.74) is 1.98. The maximum absolute atomic E-state index is 12.5. The summed E-state index contributed by atoms with van der Waals surface area (Å²) in [5.74, 6) is -0.698.